The Morgan fingerprint density at radius 1 is 1.47 bits per heavy atom. The summed E-state index contributed by atoms with van der Waals surface area (Å²) in [5.41, 5.74) is 5.49. The Bertz CT molecular complexity index is 578. The molecule has 1 amide bonds. The maximum absolute atomic E-state index is 11.0. The van der Waals surface area contributed by atoms with E-state index in [2.05, 4.69) is 15.4 Å². The summed E-state index contributed by atoms with van der Waals surface area (Å²) in [6, 6.07) is 4.05. The van der Waals surface area contributed by atoms with Gasteiger partial charge in [-0.2, -0.15) is 0 Å². The van der Waals surface area contributed by atoms with Gasteiger partial charge in [-0.3, -0.25) is 20.0 Å². The molecule has 8 heteroatoms. The van der Waals surface area contributed by atoms with Crippen molar-refractivity contribution in [1.29, 1.82) is 0 Å². The number of aromatic amines is 1. The summed E-state index contributed by atoms with van der Waals surface area (Å²) < 4.78 is 0. The maximum Gasteiger partial charge on any atom is 0.282 e. The Morgan fingerprint density at radius 2 is 2.24 bits per heavy atom. The second kappa shape index (κ2) is 4.00. The molecule has 2 rings (SSSR count). The molecular formula is C9H7N5O3. The number of rotatable bonds is 3. The van der Waals surface area contributed by atoms with Crippen LogP contribution in [0, 0.1) is 10.1 Å². The number of nitro groups is 1. The minimum Gasteiger partial charge on any atom is -0.365 e. The van der Waals surface area contributed by atoms with Crippen LogP contribution >= 0.6 is 0 Å². The van der Waals surface area contributed by atoms with Gasteiger partial charge in [0.25, 0.3) is 11.6 Å². The maximum atomic E-state index is 11.0. The smallest absolute Gasteiger partial charge is 0.282 e. The summed E-state index contributed by atoms with van der Waals surface area (Å²) >= 11 is 0. The highest BCUT2D eigenvalue weighted by Crippen LogP contribution is 2.25. The number of amides is 1. The van der Waals surface area contributed by atoms with E-state index in [1.807, 2.05) is 0 Å². The molecule has 0 bridgehead atoms. The number of carbonyl (C=O) groups excluding carboxylic acids is 1. The molecule has 8 nitrogen and oxygen atoms in total. The van der Waals surface area contributed by atoms with Crippen LogP contribution in [0.3, 0.4) is 0 Å². The van der Waals surface area contributed by atoms with E-state index in [-0.39, 0.29) is 11.3 Å². The second-order valence-corrected chi connectivity index (χ2v) is 3.21. The van der Waals surface area contributed by atoms with Crippen LogP contribution in [0.5, 0.6) is 0 Å². The Morgan fingerprint density at radius 3 is 2.76 bits per heavy atom. The third-order valence-corrected chi connectivity index (χ3v) is 2.17. The van der Waals surface area contributed by atoms with Gasteiger partial charge in [-0.1, -0.05) is 11.3 Å². The van der Waals surface area contributed by atoms with Crippen molar-refractivity contribution < 1.29 is 9.72 Å². The molecule has 2 aromatic rings. The molecule has 86 valence electrons. The normalized spacial score (nSPS) is 10.1. The highest BCUT2D eigenvalue weighted by Gasteiger charge is 2.19. The highest BCUT2D eigenvalue weighted by atomic mass is 16.6. The Kier molecular flexibility index (Phi) is 2.53. The number of aromatic nitrogens is 3. The zero-order valence-corrected chi connectivity index (χ0v) is 8.45. The van der Waals surface area contributed by atoms with Gasteiger partial charge < -0.3 is 5.73 Å². The summed E-state index contributed by atoms with van der Waals surface area (Å²) in [6.45, 7) is 0. The Hall–Kier alpha value is -2.77. The van der Waals surface area contributed by atoms with Gasteiger partial charge in [0.1, 0.15) is 11.3 Å². The van der Waals surface area contributed by atoms with Crippen LogP contribution in [-0.4, -0.2) is 26.2 Å². The summed E-state index contributed by atoms with van der Waals surface area (Å²) in [7, 11) is 0. The summed E-state index contributed by atoms with van der Waals surface area (Å²) in [6.07, 6.45) is 1.49. The molecular weight excluding hydrogens is 226 g/mol. The van der Waals surface area contributed by atoms with Crippen LogP contribution in [0.4, 0.5) is 5.69 Å². The first kappa shape index (κ1) is 10.7. The van der Waals surface area contributed by atoms with Crippen LogP contribution in [-0.2, 0) is 0 Å². The fourth-order valence-electron chi connectivity index (χ4n) is 1.39. The van der Waals surface area contributed by atoms with E-state index in [0.29, 0.717) is 11.3 Å². The first-order valence-electron chi connectivity index (χ1n) is 4.54. The van der Waals surface area contributed by atoms with E-state index in [9.17, 15) is 14.9 Å². The van der Waals surface area contributed by atoms with Gasteiger partial charge in [-0.05, 0) is 6.07 Å². The molecule has 0 aliphatic carbocycles. The van der Waals surface area contributed by atoms with Gasteiger partial charge in [0, 0.05) is 17.8 Å². The van der Waals surface area contributed by atoms with Gasteiger partial charge in [0.2, 0.25) is 0 Å². The minimum absolute atomic E-state index is 0.137. The van der Waals surface area contributed by atoms with Crippen molar-refractivity contribution in [2.24, 2.45) is 5.73 Å². The first-order chi connectivity index (χ1) is 8.09. The number of primary amides is 1. The lowest BCUT2D eigenvalue weighted by molar-refractivity contribution is -0.385. The molecule has 0 unspecified atom stereocenters. The second-order valence-electron chi connectivity index (χ2n) is 3.21. The predicted octanol–water partition coefficient (Wildman–Crippen LogP) is 0.479. The molecule has 3 N–H and O–H groups in total. The van der Waals surface area contributed by atoms with E-state index < -0.39 is 10.8 Å². The van der Waals surface area contributed by atoms with Gasteiger partial charge in [0.15, 0.2) is 0 Å². The molecule has 0 fully saturated rings. The number of H-pyrrole nitrogens is 1. The van der Waals surface area contributed by atoms with Crippen molar-refractivity contribution in [3.8, 4) is 11.3 Å². The molecule has 1 aromatic carbocycles. The number of carbonyl (C=O) groups is 1. The quantitative estimate of drug-likeness (QED) is 0.588. The number of nitrogens with two attached hydrogens (primary N) is 1. The molecule has 0 aliphatic rings. The lowest BCUT2D eigenvalue weighted by atomic mass is 10.1. The largest absolute Gasteiger partial charge is 0.365 e. The van der Waals surface area contributed by atoms with Gasteiger partial charge in [0.05, 0.1) is 4.92 Å². The Labute approximate surface area is 94.6 Å². The number of hydrogen-bond acceptors (Lipinski definition) is 5. The molecule has 1 heterocycles. The van der Waals surface area contributed by atoms with E-state index in [4.69, 9.17) is 5.73 Å². The lowest BCUT2D eigenvalue weighted by Gasteiger charge is -2.00. The van der Waals surface area contributed by atoms with Crippen LogP contribution in [0.2, 0.25) is 0 Å². The zero-order chi connectivity index (χ0) is 12.4. The van der Waals surface area contributed by atoms with E-state index >= 15 is 0 Å². The highest BCUT2D eigenvalue weighted by molar-refractivity contribution is 5.97. The topological polar surface area (TPSA) is 128 Å². The monoisotopic (exact) mass is 233 g/mol. The van der Waals surface area contributed by atoms with Gasteiger partial charge in [-0.25, -0.2) is 0 Å². The fourth-order valence-corrected chi connectivity index (χ4v) is 1.39. The number of hydrogen-bond donors (Lipinski definition) is 2. The van der Waals surface area contributed by atoms with Crippen molar-refractivity contribution in [3.63, 3.8) is 0 Å². The van der Waals surface area contributed by atoms with Gasteiger partial charge >= 0.3 is 0 Å². The van der Waals surface area contributed by atoms with Crippen LogP contribution in [0.1, 0.15) is 10.4 Å². The molecule has 0 saturated heterocycles. The van der Waals surface area contributed by atoms with Crippen molar-refractivity contribution in [2.75, 3.05) is 0 Å². The summed E-state index contributed by atoms with van der Waals surface area (Å²) in [4.78, 5) is 21.1. The molecule has 0 aliphatic heterocycles. The molecule has 0 radical (unpaired) electrons. The number of benzene rings is 1. The number of nitro benzene ring substituents is 1. The van der Waals surface area contributed by atoms with Crippen molar-refractivity contribution in [1.82, 2.24) is 15.4 Å². The van der Waals surface area contributed by atoms with Crippen molar-refractivity contribution >= 4 is 11.6 Å². The summed E-state index contributed by atoms with van der Waals surface area (Å²) in [5, 5.41) is 20.5. The molecule has 1 aromatic heterocycles. The SMILES string of the molecule is NC(=O)c1ccc(-c2c[nH]nn2)cc1[N+](=O)[O-]. The third kappa shape index (κ3) is 1.95. The van der Waals surface area contributed by atoms with Crippen molar-refractivity contribution in [3.05, 3.63) is 40.1 Å². The third-order valence-electron chi connectivity index (χ3n) is 2.17. The van der Waals surface area contributed by atoms with E-state index in [1.54, 1.807) is 0 Å². The van der Waals surface area contributed by atoms with E-state index in [1.165, 1.54) is 24.4 Å². The summed E-state index contributed by atoms with van der Waals surface area (Å²) in [5.74, 6) is -0.844. The fraction of sp³-hybridized carbons (Fsp3) is 0. The first-order valence-corrected chi connectivity index (χ1v) is 4.54. The van der Waals surface area contributed by atoms with Crippen molar-refractivity contribution in [2.45, 2.75) is 0 Å². The minimum atomic E-state index is -0.844. The Balaban J connectivity index is 2.57. The number of nitrogens with one attached hydrogen (secondary N) is 1. The van der Waals surface area contributed by atoms with Crippen LogP contribution in [0.15, 0.2) is 24.4 Å². The predicted molar refractivity (Wildman–Crippen MR) is 57.0 cm³/mol. The molecule has 0 spiro atoms. The van der Waals surface area contributed by atoms with Crippen LogP contribution in [0.25, 0.3) is 11.3 Å². The number of nitrogens with zero attached hydrogens (tertiary/aromatic N) is 3. The average molecular weight is 233 g/mol. The van der Waals surface area contributed by atoms with Crippen LogP contribution < -0.4 is 5.73 Å². The molecule has 17 heavy (non-hydrogen) atoms. The standard InChI is InChI=1S/C9H7N5O3/c10-9(15)6-2-1-5(3-8(6)14(16)17)7-4-11-13-12-7/h1-4H,(H2,10,15)(H,11,12,13). The molecule has 0 saturated carbocycles. The van der Waals surface area contributed by atoms with Gasteiger partial charge in [-0.15, -0.1) is 5.10 Å². The molecule has 0 atom stereocenters. The zero-order valence-electron chi connectivity index (χ0n) is 8.45. The lowest BCUT2D eigenvalue weighted by Crippen LogP contribution is -2.13. The average Bonchev–Trinajstić information content (AvgIpc) is 2.81. The van der Waals surface area contributed by atoms with E-state index in [0.717, 1.165) is 0 Å².